The van der Waals surface area contributed by atoms with E-state index in [1.54, 1.807) is 0 Å². The molecule has 5 nitrogen and oxygen atoms in total. The molecular formula is C4H6N2O3. The number of nitrogens with zero attached hydrogens (tertiary/aromatic N) is 1. The Morgan fingerprint density at radius 1 is 1.78 bits per heavy atom. The molecule has 0 aliphatic heterocycles. The second-order valence-corrected chi connectivity index (χ2v) is 1.56. The fraction of sp³-hybridized carbons (Fsp3) is 0.250. The van der Waals surface area contributed by atoms with Gasteiger partial charge in [-0.15, -0.1) is 0 Å². The molecule has 0 radical (unpaired) electrons. The van der Waals surface area contributed by atoms with Crippen LogP contribution in [-0.2, 0) is 6.73 Å². The Kier molecular flexibility index (Phi) is 1.27. The highest BCUT2D eigenvalue weighted by Gasteiger charge is 1.96. The van der Waals surface area contributed by atoms with Crippen molar-refractivity contribution in [1.29, 1.82) is 0 Å². The number of H-pyrrole nitrogens is 1. The summed E-state index contributed by atoms with van der Waals surface area (Å²) in [6, 6.07) is 0. The van der Waals surface area contributed by atoms with Gasteiger partial charge in [0.15, 0.2) is 0 Å². The summed E-state index contributed by atoms with van der Waals surface area (Å²) in [5, 5.41) is 16.9. The van der Waals surface area contributed by atoms with Crippen molar-refractivity contribution in [1.82, 2.24) is 9.55 Å². The maximum absolute atomic E-state index is 10.5. The van der Waals surface area contributed by atoms with Crippen molar-refractivity contribution < 1.29 is 10.2 Å². The molecule has 1 heterocycles. The largest absolute Gasteiger partial charge is 0.493 e. The van der Waals surface area contributed by atoms with E-state index in [-0.39, 0.29) is 5.88 Å². The maximum atomic E-state index is 10.5. The summed E-state index contributed by atoms with van der Waals surface area (Å²) in [6.45, 7) is -0.421. The van der Waals surface area contributed by atoms with Crippen LogP contribution in [0.5, 0.6) is 5.88 Å². The number of imidazole rings is 1. The average molecular weight is 130 g/mol. The minimum atomic E-state index is -0.519. The van der Waals surface area contributed by atoms with Crippen molar-refractivity contribution in [2.45, 2.75) is 6.73 Å². The Balaban J connectivity index is 3.16. The number of aromatic hydroxyl groups is 1. The SMILES string of the molecule is O=c1[nH]c(O)cn1CO. The van der Waals surface area contributed by atoms with E-state index >= 15 is 0 Å². The van der Waals surface area contributed by atoms with Gasteiger partial charge in [-0.05, 0) is 0 Å². The number of aromatic amines is 1. The molecule has 1 aromatic heterocycles. The van der Waals surface area contributed by atoms with E-state index in [0.717, 1.165) is 10.8 Å². The summed E-state index contributed by atoms with van der Waals surface area (Å²) in [5.74, 6) is -0.242. The predicted octanol–water partition coefficient (Wildman–Crippen LogP) is -1.17. The van der Waals surface area contributed by atoms with Crippen LogP contribution in [0.4, 0.5) is 0 Å². The van der Waals surface area contributed by atoms with Crippen LogP contribution >= 0.6 is 0 Å². The summed E-state index contributed by atoms with van der Waals surface area (Å²) in [6.07, 6.45) is 1.11. The Labute approximate surface area is 50.2 Å². The number of rotatable bonds is 1. The molecule has 9 heavy (non-hydrogen) atoms. The monoisotopic (exact) mass is 130 g/mol. The lowest BCUT2D eigenvalue weighted by atomic mass is 10.8. The van der Waals surface area contributed by atoms with E-state index < -0.39 is 12.4 Å². The number of aromatic nitrogens is 2. The number of aliphatic hydroxyl groups excluding tert-OH is 1. The molecule has 50 valence electrons. The molecule has 0 saturated carbocycles. The second-order valence-electron chi connectivity index (χ2n) is 1.56. The van der Waals surface area contributed by atoms with Crippen LogP contribution in [-0.4, -0.2) is 19.8 Å². The third kappa shape index (κ3) is 0.945. The van der Waals surface area contributed by atoms with Gasteiger partial charge in [0, 0.05) is 0 Å². The molecule has 0 saturated heterocycles. The highest BCUT2D eigenvalue weighted by atomic mass is 16.3. The van der Waals surface area contributed by atoms with Gasteiger partial charge >= 0.3 is 5.69 Å². The predicted molar refractivity (Wildman–Crippen MR) is 28.9 cm³/mol. The normalized spacial score (nSPS) is 9.89. The average Bonchev–Trinajstić information content (AvgIpc) is 2.10. The zero-order valence-electron chi connectivity index (χ0n) is 4.53. The van der Waals surface area contributed by atoms with Gasteiger partial charge in [0.1, 0.15) is 6.73 Å². The summed E-state index contributed by atoms with van der Waals surface area (Å²) in [4.78, 5) is 12.5. The second kappa shape index (κ2) is 1.94. The molecule has 0 aliphatic carbocycles. The molecule has 0 unspecified atom stereocenters. The summed E-state index contributed by atoms with van der Waals surface area (Å²) in [5.41, 5.74) is -0.519. The highest BCUT2D eigenvalue weighted by molar-refractivity contribution is 4.99. The van der Waals surface area contributed by atoms with Gasteiger partial charge in [-0.25, -0.2) is 4.79 Å². The minimum absolute atomic E-state index is 0.242. The first kappa shape index (κ1) is 5.90. The minimum Gasteiger partial charge on any atom is -0.493 e. The first-order chi connectivity index (χ1) is 4.24. The number of aliphatic hydroxyl groups is 1. The van der Waals surface area contributed by atoms with Gasteiger partial charge in [0.25, 0.3) is 0 Å². The van der Waals surface area contributed by atoms with Crippen molar-refractivity contribution in [3.05, 3.63) is 16.7 Å². The molecule has 0 spiro atoms. The van der Waals surface area contributed by atoms with E-state index in [0.29, 0.717) is 0 Å². The van der Waals surface area contributed by atoms with Crippen LogP contribution in [0.15, 0.2) is 11.0 Å². The van der Waals surface area contributed by atoms with Crippen LogP contribution in [0.3, 0.4) is 0 Å². The van der Waals surface area contributed by atoms with Crippen molar-refractivity contribution in [2.75, 3.05) is 0 Å². The molecule has 0 aliphatic rings. The Morgan fingerprint density at radius 3 is 2.67 bits per heavy atom. The van der Waals surface area contributed by atoms with Gasteiger partial charge in [0.05, 0.1) is 6.20 Å². The van der Waals surface area contributed by atoms with E-state index in [1.807, 2.05) is 0 Å². The molecule has 3 N–H and O–H groups in total. The van der Waals surface area contributed by atoms with Gasteiger partial charge in [-0.1, -0.05) is 0 Å². The lowest BCUT2D eigenvalue weighted by Gasteiger charge is -1.86. The van der Waals surface area contributed by atoms with E-state index in [4.69, 9.17) is 10.2 Å². The van der Waals surface area contributed by atoms with Gasteiger partial charge in [0.2, 0.25) is 5.88 Å². The number of hydrogen-bond acceptors (Lipinski definition) is 3. The fourth-order valence-corrected chi connectivity index (χ4v) is 0.525. The zero-order valence-corrected chi connectivity index (χ0v) is 4.53. The fourth-order valence-electron chi connectivity index (χ4n) is 0.525. The van der Waals surface area contributed by atoms with Crippen molar-refractivity contribution >= 4 is 0 Å². The molecule has 5 heteroatoms. The van der Waals surface area contributed by atoms with Crippen molar-refractivity contribution in [3.63, 3.8) is 0 Å². The molecule has 0 amide bonds. The lowest BCUT2D eigenvalue weighted by Crippen LogP contribution is -2.15. The Hall–Kier alpha value is -1.23. The van der Waals surface area contributed by atoms with Crippen LogP contribution in [0.1, 0.15) is 0 Å². The van der Waals surface area contributed by atoms with Crippen LogP contribution in [0.25, 0.3) is 0 Å². The standard InChI is InChI=1S/C4H6N2O3/c7-2-6-1-3(8)5-4(6)9/h1,7-8H,2H2,(H,5,9). The summed E-state index contributed by atoms with van der Waals surface area (Å²) in [7, 11) is 0. The number of nitrogens with one attached hydrogen (secondary N) is 1. The van der Waals surface area contributed by atoms with Crippen LogP contribution < -0.4 is 5.69 Å². The van der Waals surface area contributed by atoms with E-state index in [2.05, 4.69) is 4.98 Å². The molecule has 0 aromatic carbocycles. The maximum Gasteiger partial charge on any atom is 0.330 e. The first-order valence-electron chi connectivity index (χ1n) is 2.33. The van der Waals surface area contributed by atoms with Gasteiger partial charge in [-0.3, -0.25) is 9.55 Å². The third-order valence-electron chi connectivity index (χ3n) is 0.926. The van der Waals surface area contributed by atoms with Crippen molar-refractivity contribution in [2.24, 2.45) is 0 Å². The highest BCUT2D eigenvalue weighted by Crippen LogP contribution is 1.95. The number of hydrogen-bond donors (Lipinski definition) is 3. The van der Waals surface area contributed by atoms with Crippen LogP contribution in [0.2, 0.25) is 0 Å². The molecule has 1 aromatic rings. The first-order valence-corrected chi connectivity index (χ1v) is 2.33. The lowest BCUT2D eigenvalue weighted by molar-refractivity contribution is 0.206. The molecule has 0 atom stereocenters. The topological polar surface area (TPSA) is 78.2 Å². The van der Waals surface area contributed by atoms with E-state index in [9.17, 15) is 4.79 Å². The molecule has 1 rings (SSSR count). The molecule has 0 bridgehead atoms. The van der Waals surface area contributed by atoms with Crippen LogP contribution in [0, 0.1) is 0 Å². The quantitative estimate of drug-likeness (QED) is 0.448. The Morgan fingerprint density at radius 2 is 2.44 bits per heavy atom. The van der Waals surface area contributed by atoms with E-state index in [1.165, 1.54) is 0 Å². The van der Waals surface area contributed by atoms with Gasteiger partial charge < -0.3 is 10.2 Å². The van der Waals surface area contributed by atoms with Gasteiger partial charge in [-0.2, -0.15) is 0 Å². The zero-order chi connectivity index (χ0) is 6.85. The Bertz CT molecular complexity index is 249. The van der Waals surface area contributed by atoms with Crippen molar-refractivity contribution in [3.8, 4) is 5.88 Å². The molecule has 0 fully saturated rings. The third-order valence-corrected chi connectivity index (χ3v) is 0.926. The summed E-state index contributed by atoms with van der Waals surface area (Å²) < 4.78 is 0.940. The summed E-state index contributed by atoms with van der Waals surface area (Å²) >= 11 is 0. The molecular weight excluding hydrogens is 124 g/mol. The smallest absolute Gasteiger partial charge is 0.330 e.